The fraction of sp³-hybridized carbons (Fsp3) is 0.133. The van der Waals surface area contributed by atoms with Gasteiger partial charge in [0.2, 0.25) is 5.91 Å². The maximum atomic E-state index is 11.9. The first-order valence-electron chi connectivity index (χ1n) is 6.32. The van der Waals surface area contributed by atoms with Gasteiger partial charge in [0.25, 0.3) is 0 Å². The number of benzene rings is 1. The quantitative estimate of drug-likeness (QED) is 0.846. The van der Waals surface area contributed by atoms with Gasteiger partial charge in [0, 0.05) is 22.5 Å². The molecule has 22 heavy (non-hydrogen) atoms. The molecular formula is C15H12ClN2O3S-. The van der Waals surface area contributed by atoms with Crippen LogP contribution in [0.4, 0.5) is 5.69 Å². The van der Waals surface area contributed by atoms with Crippen molar-refractivity contribution >= 4 is 40.9 Å². The average Bonchev–Trinajstić information content (AvgIpc) is 2.49. The van der Waals surface area contributed by atoms with Gasteiger partial charge in [-0.05, 0) is 36.8 Å². The number of aryl methyl sites for hydroxylation is 1. The lowest BCUT2D eigenvalue weighted by Gasteiger charge is -2.08. The molecule has 2 rings (SSSR count). The van der Waals surface area contributed by atoms with E-state index in [1.54, 1.807) is 12.1 Å². The van der Waals surface area contributed by atoms with Crippen LogP contribution in [0.3, 0.4) is 0 Å². The predicted octanol–water partition coefficient (Wildman–Crippen LogP) is 2.14. The average molecular weight is 336 g/mol. The molecule has 0 aliphatic rings. The van der Waals surface area contributed by atoms with Crippen molar-refractivity contribution in [3.8, 4) is 0 Å². The largest absolute Gasteiger partial charge is 0.545 e. The Balaban J connectivity index is 1.92. The number of anilines is 1. The van der Waals surface area contributed by atoms with E-state index in [2.05, 4.69) is 10.3 Å². The second kappa shape index (κ2) is 7.29. The van der Waals surface area contributed by atoms with Crippen molar-refractivity contribution < 1.29 is 14.7 Å². The van der Waals surface area contributed by atoms with Crippen LogP contribution in [0, 0.1) is 6.92 Å². The molecule has 1 amide bonds. The molecule has 0 atom stereocenters. The van der Waals surface area contributed by atoms with Gasteiger partial charge in [0.15, 0.2) is 0 Å². The van der Waals surface area contributed by atoms with Gasteiger partial charge in [-0.1, -0.05) is 29.4 Å². The van der Waals surface area contributed by atoms with Crippen molar-refractivity contribution in [2.45, 2.75) is 11.9 Å². The summed E-state index contributed by atoms with van der Waals surface area (Å²) >= 11 is 7.10. The van der Waals surface area contributed by atoms with Crippen molar-refractivity contribution in [1.29, 1.82) is 0 Å². The maximum Gasteiger partial charge on any atom is 0.234 e. The highest BCUT2D eigenvalue weighted by Gasteiger charge is 2.07. The standard InChI is InChI=1S/C15H13ClN2O3S/c1-9-2-4-11(16)6-12(9)18-13(19)8-22-14-5-3-10(7-17-14)15(20)21/h2-7H,8H2,1H3,(H,18,19)(H,20,21)/p-1. The van der Waals surface area contributed by atoms with Crippen LogP contribution in [0.5, 0.6) is 0 Å². The predicted molar refractivity (Wildman–Crippen MR) is 84.1 cm³/mol. The topological polar surface area (TPSA) is 82.1 Å². The van der Waals surface area contributed by atoms with Crippen LogP contribution in [-0.4, -0.2) is 22.6 Å². The zero-order valence-electron chi connectivity index (χ0n) is 11.6. The summed E-state index contributed by atoms with van der Waals surface area (Å²) in [5, 5.41) is 14.5. The van der Waals surface area contributed by atoms with E-state index in [4.69, 9.17) is 11.6 Å². The Kier molecular flexibility index (Phi) is 5.41. The summed E-state index contributed by atoms with van der Waals surface area (Å²) in [5.41, 5.74) is 1.58. The van der Waals surface area contributed by atoms with E-state index in [0.717, 1.165) is 5.56 Å². The van der Waals surface area contributed by atoms with Crippen molar-refractivity contribution in [3.63, 3.8) is 0 Å². The lowest BCUT2D eigenvalue weighted by Crippen LogP contribution is -2.22. The summed E-state index contributed by atoms with van der Waals surface area (Å²) in [5.74, 6) is -1.32. The molecule has 0 radical (unpaired) electrons. The molecule has 1 N–H and O–H groups in total. The SMILES string of the molecule is Cc1ccc(Cl)cc1NC(=O)CSc1ccc(C(=O)[O-])cn1. The van der Waals surface area contributed by atoms with Gasteiger partial charge < -0.3 is 15.2 Å². The van der Waals surface area contributed by atoms with E-state index >= 15 is 0 Å². The van der Waals surface area contributed by atoms with Gasteiger partial charge in [-0.2, -0.15) is 0 Å². The fourth-order valence-electron chi connectivity index (χ4n) is 1.64. The highest BCUT2D eigenvalue weighted by Crippen LogP contribution is 2.21. The molecule has 0 saturated carbocycles. The minimum absolute atomic E-state index is 0.00311. The van der Waals surface area contributed by atoms with Gasteiger partial charge >= 0.3 is 0 Å². The normalized spacial score (nSPS) is 10.3. The first-order chi connectivity index (χ1) is 10.5. The smallest absolute Gasteiger partial charge is 0.234 e. The Morgan fingerprint density at radius 1 is 1.32 bits per heavy atom. The molecule has 1 aromatic carbocycles. The summed E-state index contributed by atoms with van der Waals surface area (Å²) < 4.78 is 0. The van der Waals surface area contributed by atoms with Crippen LogP contribution in [0.15, 0.2) is 41.6 Å². The molecular weight excluding hydrogens is 324 g/mol. The highest BCUT2D eigenvalue weighted by atomic mass is 35.5. The van der Waals surface area contributed by atoms with Crippen molar-refractivity contribution in [1.82, 2.24) is 4.98 Å². The van der Waals surface area contributed by atoms with Gasteiger partial charge in [-0.3, -0.25) is 4.79 Å². The minimum atomic E-state index is -1.28. The third kappa shape index (κ3) is 4.47. The molecule has 0 saturated heterocycles. The van der Waals surface area contributed by atoms with Crippen LogP contribution in [-0.2, 0) is 4.79 Å². The number of hydrogen-bond donors (Lipinski definition) is 1. The lowest BCUT2D eigenvalue weighted by molar-refractivity contribution is -0.255. The Morgan fingerprint density at radius 3 is 2.73 bits per heavy atom. The summed E-state index contributed by atoms with van der Waals surface area (Å²) in [6, 6.07) is 8.19. The molecule has 2 aromatic rings. The number of carboxylic acids is 1. The summed E-state index contributed by atoms with van der Waals surface area (Å²) in [6.45, 7) is 1.87. The molecule has 0 spiro atoms. The molecule has 5 nitrogen and oxygen atoms in total. The van der Waals surface area contributed by atoms with Gasteiger partial charge in [0.1, 0.15) is 0 Å². The first kappa shape index (κ1) is 16.3. The summed E-state index contributed by atoms with van der Waals surface area (Å²) in [7, 11) is 0. The number of carbonyl (C=O) groups is 2. The number of thioether (sulfide) groups is 1. The molecule has 0 aliphatic heterocycles. The monoisotopic (exact) mass is 335 g/mol. The zero-order chi connectivity index (χ0) is 16.1. The Morgan fingerprint density at radius 2 is 2.09 bits per heavy atom. The van der Waals surface area contributed by atoms with E-state index in [1.807, 2.05) is 13.0 Å². The molecule has 0 aliphatic carbocycles. The lowest BCUT2D eigenvalue weighted by atomic mass is 10.2. The van der Waals surface area contributed by atoms with Crippen molar-refractivity contribution in [2.24, 2.45) is 0 Å². The number of carboxylic acid groups (broad SMARTS) is 1. The number of hydrogen-bond acceptors (Lipinski definition) is 5. The molecule has 0 unspecified atom stereocenters. The van der Waals surface area contributed by atoms with Crippen LogP contribution in [0.2, 0.25) is 5.02 Å². The number of pyridine rings is 1. The second-order valence-electron chi connectivity index (χ2n) is 4.47. The van der Waals surface area contributed by atoms with E-state index in [-0.39, 0.29) is 17.2 Å². The Hall–Kier alpha value is -2.05. The number of rotatable bonds is 5. The maximum absolute atomic E-state index is 11.9. The zero-order valence-corrected chi connectivity index (χ0v) is 13.2. The number of nitrogens with zero attached hydrogens (tertiary/aromatic N) is 1. The van der Waals surface area contributed by atoms with Gasteiger partial charge in [0.05, 0.1) is 16.7 Å². The van der Waals surface area contributed by atoms with Crippen molar-refractivity contribution in [3.05, 3.63) is 52.7 Å². The molecule has 1 heterocycles. The number of amides is 1. The second-order valence-corrected chi connectivity index (χ2v) is 5.90. The Bertz CT molecular complexity index is 704. The first-order valence-corrected chi connectivity index (χ1v) is 7.68. The Labute approximate surface area is 136 Å². The highest BCUT2D eigenvalue weighted by molar-refractivity contribution is 7.99. The van der Waals surface area contributed by atoms with Crippen LogP contribution in [0.25, 0.3) is 0 Å². The number of carbonyl (C=O) groups excluding carboxylic acids is 2. The van der Waals surface area contributed by atoms with Crippen LogP contribution < -0.4 is 10.4 Å². The molecule has 114 valence electrons. The van der Waals surface area contributed by atoms with Crippen molar-refractivity contribution in [2.75, 3.05) is 11.1 Å². The van der Waals surface area contributed by atoms with E-state index in [1.165, 1.54) is 30.1 Å². The molecule has 0 fully saturated rings. The number of nitrogens with one attached hydrogen (secondary N) is 1. The van der Waals surface area contributed by atoms with E-state index < -0.39 is 5.97 Å². The van der Waals surface area contributed by atoms with E-state index in [9.17, 15) is 14.7 Å². The molecule has 0 bridgehead atoms. The number of aromatic nitrogens is 1. The van der Waals surface area contributed by atoms with Gasteiger partial charge in [-0.25, -0.2) is 4.98 Å². The fourth-order valence-corrected chi connectivity index (χ4v) is 2.46. The summed E-state index contributed by atoms with van der Waals surface area (Å²) in [4.78, 5) is 26.5. The third-order valence-electron chi connectivity index (χ3n) is 2.80. The number of aromatic carboxylic acids is 1. The molecule has 7 heteroatoms. The van der Waals surface area contributed by atoms with Crippen LogP contribution in [0.1, 0.15) is 15.9 Å². The molecule has 1 aromatic heterocycles. The van der Waals surface area contributed by atoms with Crippen LogP contribution >= 0.6 is 23.4 Å². The summed E-state index contributed by atoms with van der Waals surface area (Å²) in [6.07, 6.45) is 1.21. The van der Waals surface area contributed by atoms with E-state index in [0.29, 0.717) is 15.7 Å². The number of halogens is 1. The van der Waals surface area contributed by atoms with Gasteiger partial charge in [-0.15, -0.1) is 0 Å². The minimum Gasteiger partial charge on any atom is -0.545 e. The third-order valence-corrected chi connectivity index (χ3v) is 3.98.